The van der Waals surface area contributed by atoms with E-state index in [0.717, 1.165) is 24.9 Å². The van der Waals surface area contributed by atoms with Gasteiger partial charge in [0.05, 0.1) is 0 Å². The van der Waals surface area contributed by atoms with Crippen molar-refractivity contribution in [1.82, 2.24) is 0 Å². The van der Waals surface area contributed by atoms with Gasteiger partial charge < -0.3 is 10.6 Å². The maximum absolute atomic E-state index is 12.6. The lowest BCUT2D eigenvalue weighted by Gasteiger charge is -2.25. The molecule has 2 N–H and O–H groups in total. The maximum atomic E-state index is 12.6. The molecule has 0 radical (unpaired) electrons. The van der Waals surface area contributed by atoms with E-state index in [2.05, 4.69) is 6.07 Å². The lowest BCUT2D eigenvalue weighted by Crippen LogP contribution is -2.35. The first-order valence-electron chi connectivity index (χ1n) is 7.59. The Labute approximate surface area is 123 Å². The summed E-state index contributed by atoms with van der Waals surface area (Å²) in [7, 11) is 0. The second kappa shape index (κ2) is 8.05. The molecule has 1 aromatic carbocycles. The lowest BCUT2D eigenvalue weighted by atomic mass is 10.0. The molecule has 0 bridgehead atoms. The Morgan fingerprint density at radius 2 is 2.00 bits per heavy atom. The van der Waals surface area contributed by atoms with Crippen molar-refractivity contribution in [2.75, 3.05) is 11.4 Å². The van der Waals surface area contributed by atoms with Crippen LogP contribution >= 0.6 is 0 Å². The van der Waals surface area contributed by atoms with E-state index in [9.17, 15) is 4.79 Å². The molecule has 1 rings (SSSR count). The Morgan fingerprint density at radius 3 is 2.55 bits per heavy atom. The molecule has 0 fully saturated rings. The van der Waals surface area contributed by atoms with Gasteiger partial charge >= 0.3 is 0 Å². The normalized spacial score (nSPS) is 13.8. The van der Waals surface area contributed by atoms with Crippen molar-refractivity contribution in [2.45, 2.75) is 53.0 Å². The zero-order valence-electron chi connectivity index (χ0n) is 13.2. The van der Waals surface area contributed by atoms with Gasteiger partial charge in [0.2, 0.25) is 5.91 Å². The second-order valence-corrected chi connectivity index (χ2v) is 5.73. The van der Waals surface area contributed by atoms with Gasteiger partial charge in [0, 0.05) is 24.2 Å². The number of hydrogen-bond acceptors (Lipinski definition) is 2. The summed E-state index contributed by atoms with van der Waals surface area (Å²) in [5, 5.41) is 0. The van der Waals surface area contributed by atoms with Crippen molar-refractivity contribution in [2.24, 2.45) is 11.7 Å². The van der Waals surface area contributed by atoms with Crippen LogP contribution in [0.3, 0.4) is 0 Å². The van der Waals surface area contributed by atoms with E-state index in [0.29, 0.717) is 6.54 Å². The predicted molar refractivity (Wildman–Crippen MR) is 85.9 cm³/mol. The fourth-order valence-electron chi connectivity index (χ4n) is 2.40. The van der Waals surface area contributed by atoms with Crippen LogP contribution in [0.15, 0.2) is 24.3 Å². The van der Waals surface area contributed by atoms with Gasteiger partial charge in [-0.05, 0) is 51.3 Å². The highest BCUT2D eigenvalue weighted by Crippen LogP contribution is 2.20. The smallest absolute Gasteiger partial charge is 0.229 e. The number of carbonyl (C=O) groups is 1. The first kappa shape index (κ1) is 16.7. The molecule has 1 amide bonds. The third-order valence-corrected chi connectivity index (χ3v) is 3.61. The van der Waals surface area contributed by atoms with Gasteiger partial charge in [0.1, 0.15) is 0 Å². The van der Waals surface area contributed by atoms with E-state index in [1.807, 2.05) is 50.8 Å². The molecule has 0 saturated carbocycles. The third-order valence-electron chi connectivity index (χ3n) is 3.61. The molecule has 3 heteroatoms. The van der Waals surface area contributed by atoms with Gasteiger partial charge in [0.25, 0.3) is 0 Å². The van der Waals surface area contributed by atoms with E-state index in [1.165, 1.54) is 5.56 Å². The van der Waals surface area contributed by atoms with Crippen LogP contribution in [-0.4, -0.2) is 18.5 Å². The number of nitrogens with two attached hydrogens (primary N) is 1. The van der Waals surface area contributed by atoms with Gasteiger partial charge in [0.15, 0.2) is 0 Å². The number of anilines is 1. The SMILES string of the molecule is CCN(C(=O)C(C)CCCC(C)N)c1cccc(C)c1. The molecule has 20 heavy (non-hydrogen) atoms. The van der Waals surface area contributed by atoms with Gasteiger partial charge in [-0.3, -0.25) is 4.79 Å². The molecule has 0 heterocycles. The van der Waals surface area contributed by atoms with E-state index in [-0.39, 0.29) is 17.9 Å². The molecule has 0 aliphatic carbocycles. The summed E-state index contributed by atoms with van der Waals surface area (Å²) in [4.78, 5) is 14.4. The minimum absolute atomic E-state index is 0.0502. The van der Waals surface area contributed by atoms with Crippen LogP contribution in [0, 0.1) is 12.8 Å². The minimum atomic E-state index is 0.0502. The first-order chi connectivity index (χ1) is 9.45. The number of carbonyl (C=O) groups excluding carboxylic acids is 1. The molecule has 1 aromatic rings. The number of aryl methyl sites for hydroxylation is 1. The third kappa shape index (κ3) is 4.97. The van der Waals surface area contributed by atoms with Gasteiger partial charge in [-0.1, -0.05) is 25.5 Å². The van der Waals surface area contributed by atoms with Gasteiger partial charge in [-0.2, -0.15) is 0 Å². The standard InChI is InChI=1S/C17H28N2O/c1-5-19(16-11-6-8-13(2)12-16)17(20)14(3)9-7-10-15(4)18/h6,8,11-12,14-15H,5,7,9-10,18H2,1-4H3. The summed E-state index contributed by atoms with van der Waals surface area (Å²) < 4.78 is 0. The topological polar surface area (TPSA) is 46.3 Å². The Kier molecular flexibility index (Phi) is 6.73. The Balaban J connectivity index is 2.67. The molecule has 0 spiro atoms. The van der Waals surface area contributed by atoms with Crippen LogP contribution < -0.4 is 10.6 Å². The molecule has 2 atom stereocenters. The Morgan fingerprint density at radius 1 is 1.30 bits per heavy atom. The van der Waals surface area contributed by atoms with E-state index < -0.39 is 0 Å². The second-order valence-electron chi connectivity index (χ2n) is 5.73. The van der Waals surface area contributed by atoms with E-state index >= 15 is 0 Å². The molecule has 0 aliphatic rings. The van der Waals surface area contributed by atoms with Crippen molar-refractivity contribution < 1.29 is 4.79 Å². The van der Waals surface area contributed by atoms with Crippen LogP contribution in [-0.2, 0) is 4.79 Å². The highest BCUT2D eigenvalue weighted by molar-refractivity contribution is 5.94. The number of amides is 1. The Bertz CT molecular complexity index is 429. The first-order valence-corrected chi connectivity index (χ1v) is 7.59. The molecule has 3 nitrogen and oxygen atoms in total. The average molecular weight is 276 g/mol. The molecular weight excluding hydrogens is 248 g/mol. The largest absolute Gasteiger partial charge is 0.328 e. The summed E-state index contributed by atoms with van der Waals surface area (Å²) in [6.07, 6.45) is 2.90. The van der Waals surface area contributed by atoms with Gasteiger partial charge in [-0.25, -0.2) is 0 Å². The number of hydrogen-bond donors (Lipinski definition) is 1. The highest BCUT2D eigenvalue weighted by atomic mass is 16.2. The molecule has 0 aromatic heterocycles. The van der Waals surface area contributed by atoms with Crippen molar-refractivity contribution >= 4 is 11.6 Å². The van der Waals surface area contributed by atoms with Crippen LogP contribution in [0.2, 0.25) is 0 Å². The van der Waals surface area contributed by atoms with Crippen molar-refractivity contribution in [3.8, 4) is 0 Å². The number of benzene rings is 1. The van der Waals surface area contributed by atoms with E-state index in [1.54, 1.807) is 0 Å². The summed E-state index contributed by atoms with van der Waals surface area (Å²) in [5.41, 5.74) is 7.93. The summed E-state index contributed by atoms with van der Waals surface area (Å²) in [6, 6.07) is 8.34. The zero-order chi connectivity index (χ0) is 15.1. The number of nitrogens with zero attached hydrogens (tertiary/aromatic N) is 1. The van der Waals surface area contributed by atoms with Crippen LogP contribution in [0.1, 0.15) is 45.6 Å². The minimum Gasteiger partial charge on any atom is -0.328 e. The summed E-state index contributed by atoms with van der Waals surface area (Å²) >= 11 is 0. The quantitative estimate of drug-likeness (QED) is 0.828. The van der Waals surface area contributed by atoms with Crippen LogP contribution in [0.25, 0.3) is 0 Å². The predicted octanol–water partition coefficient (Wildman–Crippen LogP) is 3.50. The van der Waals surface area contributed by atoms with Gasteiger partial charge in [-0.15, -0.1) is 0 Å². The lowest BCUT2D eigenvalue weighted by molar-refractivity contribution is -0.122. The van der Waals surface area contributed by atoms with Crippen molar-refractivity contribution in [1.29, 1.82) is 0 Å². The highest BCUT2D eigenvalue weighted by Gasteiger charge is 2.20. The molecule has 112 valence electrons. The molecule has 0 aliphatic heterocycles. The Hall–Kier alpha value is -1.35. The number of rotatable bonds is 7. The van der Waals surface area contributed by atoms with Crippen LogP contribution in [0.5, 0.6) is 0 Å². The zero-order valence-corrected chi connectivity index (χ0v) is 13.2. The van der Waals surface area contributed by atoms with Crippen LogP contribution in [0.4, 0.5) is 5.69 Å². The van der Waals surface area contributed by atoms with Crippen molar-refractivity contribution in [3.05, 3.63) is 29.8 Å². The summed E-state index contributed by atoms with van der Waals surface area (Å²) in [5.74, 6) is 0.261. The molecular formula is C17H28N2O. The molecule has 0 saturated heterocycles. The van der Waals surface area contributed by atoms with E-state index in [4.69, 9.17) is 5.73 Å². The van der Waals surface area contributed by atoms with Crippen molar-refractivity contribution in [3.63, 3.8) is 0 Å². The maximum Gasteiger partial charge on any atom is 0.229 e. The molecule has 2 unspecified atom stereocenters. The fraction of sp³-hybridized carbons (Fsp3) is 0.588. The average Bonchev–Trinajstić information content (AvgIpc) is 2.39. The monoisotopic (exact) mass is 276 g/mol. The fourth-order valence-corrected chi connectivity index (χ4v) is 2.40. The summed E-state index contributed by atoms with van der Waals surface area (Å²) in [6.45, 7) is 8.81.